The number of benzene rings is 1. The van der Waals surface area contributed by atoms with Gasteiger partial charge in [-0.2, -0.15) is 4.98 Å². The third kappa shape index (κ3) is 4.39. The van der Waals surface area contributed by atoms with Crippen LogP contribution in [0, 0.1) is 0 Å². The zero-order valence-corrected chi connectivity index (χ0v) is 14.1. The molecule has 0 saturated carbocycles. The summed E-state index contributed by atoms with van der Waals surface area (Å²) in [5, 5.41) is 3.93. The maximum atomic E-state index is 12.2. The molecule has 0 N–H and O–H groups in total. The highest BCUT2D eigenvalue weighted by Crippen LogP contribution is 2.23. The first kappa shape index (κ1) is 17.1. The Bertz CT molecular complexity index is 656. The molecule has 0 aliphatic heterocycles. The predicted octanol–water partition coefficient (Wildman–Crippen LogP) is 3.43. The van der Waals surface area contributed by atoms with Crippen molar-refractivity contribution in [3.63, 3.8) is 0 Å². The number of aromatic nitrogens is 2. The summed E-state index contributed by atoms with van der Waals surface area (Å²) >= 11 is 0. The predicted molar refractivity (Wildman–Crippen MR) is 84.0 cm³/mol. The lowest BCUT2D eigenvalue weighted by Crippen LogP contribution is -2.14. The van der Waals surface area contributed by atoms with Crippen molar-refractivity contribution in [1.29, 1.82) is 0 Å². The van der Waals surface area contributed by atoms with E-state index in [0.29, 0.717) is 23.9 Å². The summed E-state index contributed by atoms with van der Waals surface area (Å²) in [7, 11) is 1.63. The number of hydrogen-bond donors (Lipinski definition) is 0. The van der Waals surface area contributed by atoms with Crippen molar-refractivity contribution in [3.05, 3.63) is 47.1 Å². The van der Waals surface area contributed by atoms with Crippen molar-refractivity contribution in [1.82, 2.24) is 10.1 Å². The molecule has 0 aliphatic rings. The molecule has 1 aromatic heterocycles. The molecule has 2 aromatic rings. The molecule has 23 heavy (non-hydrogen) atoms. The van der Waals surface area contributed by atoms with E-state index >= 15 is 0 Å². The molecular weight excluding hydrogens is 296 g/mol. The van der Waals surface area contributed by atoms with E-state index in [0.717, 1.165) is 5.56 Å². The molecule has 0 radical (unpaired) electrons. The van der Waals surface area contributed by atoms with Gasteiger partial charge >= 0.3 is 5.97 Å². The fourth-order valence-corrected chi connectivity index (χ4v) is 1.89. The smallest absolute Gasteiger partial charge is 0.338 e. The van der Waals surface area contributed by atoms with Crippen LogP contribution in [0.1, 0.15) is 61.4 Å². The summed E-state index contributed by atoms with van der Waals surface area (Å²) in [5.41, 5.74) is 1.24. The lowest BCUT2D eigenvalue weighted by molar-refractivity contribution is 0.0265. The maximum absolute atomic E-state index is 12.2. The third-order valence-corrected chi connectivity index (χ3v) is 3.24. The monoisotopic (exact) mass is 318 g/mol. The van der Waals surface area contributed by atoms with Crippen LogP contribution in [-0.4, -0.2) is 23.2 Å². The van der Waals surface area contributed by atoms with Crippen molar-refractivity contribution in [2.24, 2.45) is 0 Å². The molecular formula is C17H22N2O4. The van der Waals surface area contributed by atoms with E-state index in [2.05, 4.69) is 10.1 Å². The highest BCUT2D eigenvalue weighted by Gasteiger charge is 2.25. The first-order chi connectivity index (χ1) is 10.8. The van der Waals surface area contributed by atoms with Crippen LogP contribution in [-0.2, 0) is 21.5 Å². The minimum Gasteiger partial charge on any atom is -0.449 e. The number of hydrogen-bond acceptors (Lipinski definition) is 6. The van der Waals surface area contributed by atoms with Crippen molar-refractivity contribution >= 4 is 5.97 Å². The zero-order valence-electron chi connectivity index (χ0n) is 14.1. The highest BCUT2D eigenvalue weighted by molar-refractivity contribution is 5.89. The Hall–Kier alpha value is -2.21. The molecule has 0 spiro atoms. The van der Waals surface area contributed by atoms with Crippen LogP contribution in [0.4, 0.5) is 0 Å². The van der Waals surface area contributed by atoms with Crippen LogP contribution in [0.3, 0.4) is 0 Å². The van der Waals surface area contributed by atoms with E-state index in [4.69, 9.17) is 14.0 Å². The molecule has 1 atom stereocenters. The molecule has 2 rings (SSSR count). The topological polar surface area (TPSA) is 74.5 Å². The quantitative estimate of drug-likeness (QED) is 0.786. The lowest BCUT2D eigenvalue weighted by Gasteiger charge is -2.12. The summed E-state index contributed by atoms with van der Waals surface area (Å²) in [6, 6.07) is 7.07. The Balaban J connectivity index is 2.03. The minimum absolute atomic E-state index is 0.220. The average Bonchev–Trinajstić information content (AvgIpc) is 2.98. The Labute approximate surface area is 135 Å². The molecule has 1 heterocycles. The Morgan fingerprint density at radius 3 is 2.43 bits per heavy atom. The second kappa shape index (κ2) is 6.91. The number of carbonyl (C=O) groups excluding carboxylic acids is 1. The number of nitrogens with zero attached hydrogens (tertiary/aromatic N) is 2. The van der Waals surface area contributed by atoms with Crippen LogP contribution in [0.5, 0.6) is 0 Å². The summed E-state index contributed by atoms with van der Waals surface area (Å²) in [5.74, 6) is 0.440. The molecule has 124 valence electrons. The van der Waals surface area contributed by atoms with Gasteiger partial charge in [0.05, 0.1) is 12.2 Å². The molecule has 6 nitrogen and oxygen atoms in total. The highest BCUT2D eigenvalue weighted by atomic mass is 16.6. The molecule has 0 fully saturated rings. The molecule has 0 bridgehead atoms. The second-order valence-corrected chi connectivity index (χ2v) is 6.38. The van der Waals surface area contributed by atoms with Gasteiger partial charge in [0.2, 0.25) is 0 Å². The molecule has 6 heteroatoms. The lowest BCUT2D eigenvalue weighted by atomic mass is 9.96. The average molecular weight is 318 g/mol. The van der Waals surface area contributed by atoms with E-state index in [1.54, 1.807) is 26.2 Å². The number of rotatable bonds is 5. The largest absolute Gasteiger partial charge is 0.449 e. The number of esters is 1. The summed E-state index contributed by atoms with van der Waals surface area (Å²) < 4.78 is 15.6. The molecule has 0 saturated heterocycles. The number of ether oxygens (including phenoxy) is 2. The van der Waals surface area contributed by atoms with Crippen LogP contribution < -0.4 is 0 Å². The second-order valence-electron chi connectivity index (χ2n) is 6.38. The van der Waals surface area contributed by atoms with Gasteiger partial charge in [-0.05, 0) is 24.6 Å². The SMILES string of the molecule is COCc1ccc(C(=O)OC(C)c2nc(C(C)(C)C)no2)cc1. The molecule has 1 unspecified atom stereocenters. The fourth-order valence-electron chi connectivity index (χ4n) is 1.89. The first-order valence-electron chi connectivity index (χ1n) is 7.44. The van der Waals surface area contributed by atoms with E-state index < -0.39 is 12.1 Å². The Morgan fingerprint density at radius 1 is 1.26 bits per heavy atom. The normalized spacial score (nSPS) is 12.9. The van der Waals surface area contributed by atoms with E-state index in [1.165, 1.54) is 0 Å². The zero-order chi connectivity index (χ0) is 17.0. The van der Waals surface area contributed by atoms with Crippen molar-refractivity contribution in [3.8, 4) is 0 Å². The third-order valence-electron chi connectivity index (χ3n) is 3.24. The summed E-state index contributed by atoms with van der Waals surface area (Å²) in [6.45, 7) is 8.17. The van der Waals surface area contributed by atoms with E-state index in [-0.39, 0.29) is 5.41 Å². The molecule has 1 aromatic carbocycles. The first-order valence-corrected chi connectivity index (χ1v) is 7.44. The van der Waals surface area contributed by atoms with Crippen LogP contribution in [0.25, 0.3) is 0 Å². The molecule has 0 amide bonds. The molecule has 0 aliphatic carbocycles. The standard InChI is InChI=1S/C17H22N2O4/c1-11(14-18-16(19-23-14)17(2,3)4)22-15(20)13-8-6-12(7-9-13)10-21-5/h6-9,11H,10H2,1-5H3. The minimum atomic E-state index is -0.607. The maximum Gasteiger partial charge on any atom is 0.338 e. The van der Waals surface area contributed by atoms with Crippen molar-refractivity contribution < 1.29 is 18.8 Å². The van der Waals surface area contributed by atoms with Crippen molar-refractivity contribution in [2.45, 2.75) is 45.8 Å². The van der Waals surface area contributed by atoms with Gasteiger partial charge in [0.25, 0.3) is 5.89 Å². The van der Waals surface area contributed by atoms with Crippen LogP contribution >= 0.6 is 0 Å². The van der Waals surface area contributed by atoms with Crippen LogP contribution in [0.2, 0.25) is 0 Å². The number of carbonyl (C=O) groups is 1. The van der Waals surface area contributed by atoms with Crippen LogP contribution in [0.15, 0.2) is 28.8 Å². The van der Waals surface area contributed by atoms with E-state index in [9.17, 15) is 4.79 Å². The van der Waals surface area contributed by atoms with Crippen molar-refractivity contribution in [2.75, 3.05) is 7.11 Å². The van der Waals surface area contributed by atoms with Gasteiger partial charge in [-0.1, -0.05) is 38.1 Å². The van der Waals surface area contributed by atoms with Gasteiger partial charge in [0, 0.05) is 12.5 Å². The number of methoxy groups -OCH3 is 1. The summed E-state index contributed by atoms with van der Waals surface area (Å²) in [6.07, 6.45) is -0.607. The van der Waals surface area contributed by atoms with Gasteiger partial charge in [-0.3, -0.25) is 0 Å². The van der Waals surface area contributed by atoms with E-state index in [1.807, 2.05) is 32.9 Å². The Morgan fingerprint density at radius 2 is 1.91 bits per heavy atom. The van der Waals surface area contributed by atoms with Gasteiger partial charge in [0.1, 0.15) is 0 Å². The van der Waals surface area contributed by atoms with Gasteiger partial charge < -0.3 is 14.0 Å². The van der Waals surface area contributed by atoms with Gasteiger partial charge in [-0.15, -0.1) is 0 Å². The van der Waals surface area contributed by atoms with Gasteiger partial charge in [0.15, 0.2) is 11.9 Å². The Kier molecular flexibility index (Phi) is 5.15. The van der Waals surface area contributed by atoms with Gasteiger partial charge in [-0.25, -0.2) is 4.79 Å². The fraction of sp³-hybridized carbons (Fsp3) is 0.471. The summed E-state index contributed by atoms with van der Waals surface area (Å²) in [4.78, 5) is 16.5.